The van der Waals surface area contributed by atoms with Gasteiger partial charge in [0.1, 0.15) is 6.07 Å². The SMILES string of the molecule is Cc1nn(-c2nc3ccccc3cc2C#N)c(C)c1N. The van der Waals surface area contributed by atoms with Crippen molar-refractivity contribution in [3.63, 3.8) is 0 Å². The molecule has 3 rings (SSSR count). The van der Waals surface area contributed by atoms with Gasteiger partial charge in [-0.15, -0.1) is 0 Å². The molecule has 0 spiro atoms. The van der Waals surface area contributed by atoms with Crippen LogP contribution >= 0.6 is 0 Å². The van der Waals surface area contributed by atoms with Crippen molar-refractivity contribution in [3.05, 3.63) is 47.3 Å². The largest absolute Gasteiger partial charge is 0.396 e. The van der Waals surface area contributed by atoms with Crippen molar-refractivity contribution in [2.45, 2.75) is 13.8 Å². The quantitative estimate of drug-likeness (QED) is 0.731. The summed E-state index contributed by atoms with van der Waals surface area (Å²) in [6.45, 7) is 3.71. The number of nitriles is 1. The fourth-order valence-electron chi connectivity index (χ4n) is 2.21. The highest BCUT2D eigenvalue weighted by Gasteiger charge is 2.15. The fourth-order valence-corrected chi connectivity index (χ4v) is 2.21. The van der Waals surface area contributed by atoms with Crippen LogP contribution in [0, 0.1) is 25.2 Å². The summed E-state index contributed by atoms with van der Waals surface area (Å²) in [7, 11) is 0. The third-order valence-electron chi connectivity index (χ3n) is 3.37. The highest BCUT2D eigenvalue weighted by molar-refractivity contribution is 5.81. The smallest absolute Gasteiger partial charge is 0.172 e. The molecular formula is C15H13N5. The summed E-state index contributed by atoms with van der Waals surface area (Å²) in [6, 6.07) is 11.7. The van der Waals surface area contributed by atoms with Crippen LogP contribution in [0.2, 0.25) is 0 Å². The number of fused-ring (bicyclic) bond motifs is 1. The van der Waals surface area contributed by atoms with Gasteiger partial charge >= 0.3 is 0 Å². The summed E-state index contributed by atoms with van der Waals surface area (Å²) in [5.74, 6) is 0.517. The molecule has 0 amide bonds. The van der Waals surface area contributed by atoms with Gasteiger partial charge in [-0.3, -0.25) is 0 Å². The van der Waals surface area contributed by atoms with Gasteiger partial charge in [-0.2, -0.15) is 10.4 Å². The molecule has 2 heterocycles. The molecule has 0 radical (unpaired) electrons. The minimum atomic E-state index is 0.481. The third-order valence-corrected chi connectivity index (χ3v) is 3.37. The van der Waals surface area contributed by atoms with Gasteiger partial charge in [-0.1, -0.05) is 18.2 Å². The predicted molar refractivity (Wildman–Crippen MR) is 77.5 cm³/mol. The van der Waals surface area contributed by atoms with Crippen molar-refractivity contribution in [2.24, 2.45) is 0 Å². The number of rotatable bonds is 1. The maximum absolute atomic E-state index is 9.34. The first-order chi connectivity index (χ1) is 9.61. The topological polar surface area (TPSA) is 80.5 Å². The van der Waals surface area contributed by atoms with Crippen LogP contribution in [0.3, 0.4) is 0 Å². The van der Waals surface area contributed by atoms with E-state index in [1.165, 1.54) is 0 Å². The Kier molecular flexibility index (Phi) is 2.65. The summed E-state index contributed by atoms with van der Waals surface area (Å²) in [6.07, 6.45) is 0. The van der Waals surface area contributed by atoms with Gasteiger partial charge in [0.15, 0.2) is 5.82 Å². The van der Waals surface area contributed by atoms with E-state index in [1.54, 1.807) is 4.68 Å². The Bertz CT molecular complexity index is 855. The van der Waals surface area contributed by atoms with E-state index in [0.717, 1.165) is 22.3 Å². The number of benzene rings is 1. The summed E-state index contributed by atoms with van der Waals surface area (Å²) in [5, 5.41) is 14.7. The second-order valence-corrected chi connectivity index (χ2v) is 4.66. The van der Waals surface area contributed by atoms with Crippen molar-refractivity contribution in [2.75, 3.05) is 5.73 Å². The molecule has 0 aliphatic rings. The van der Waals surface area contributed by atoms with Crippen molar-refractivity contribution in [3.8, 4) is 11.9 Å². The molecule has 5 nitrogen and oxygen atoms in total. The molecule has 0 saturated carbocycles. The van der Waals surface area contributed by atoms with Gasteiger partial charge in [-0.25, -0.2) is 9.67 Å². The van der Waals surface area contributed by atoms with Gasteiger partial charge in [0.05, 0.1) is 28.2 Å². The monoisotopic (exact) mass is 263 g/mol. The number of nitrogen functional groups attached to an aromatic ring is 1. The van der Waals surface area contributed by atoms with E-state index in [0.29, 0.717) is 17.1 Å². The molecule has 0 saturated heterocycles. The molecule has 0 atom stereocenters. The normalized spacial score (nSPS) is 10.7. The van der Waals surface area contributed by atoms with E-state index in [9.17, 15) is 5.26 Å². The van der Waals surface area contributed by atoms with Crippen molar-refractivity contribution in [1.82, 2.24) is 14.8 Å². The molecular weight excluding hydrogens is 250 g/mol. The molecule has 20 heavy (non-hydrogen) atoms. The Balaban J connectivity index is 2.35. The second-order valence-electron chi connectivity index (χ2n) is 4.66. The number of hydrogen-bond acceptors (Lipinski definition) is 4. The molecule has 0 bridgehead atoms. The van der Waals surface area contributed by atoms with Crippen molar-refractivity contribution < 1.29 is 0 Å². The first kappa shape index (κ1) is 12.2. The average Bonchev–Trinajstić information content (AvgIpc) is 2.73. The van der Waals surface area contributed by atoms with Crippen LogP contribution in [-0.4, -0.2) is 14.8 Å². The second kappa shape index (κ2) is 4.35. The summed E-state index contributed by atoms with van der Waals surface area (Å²) < 4.78 is 1.63. The number of aryl methyl sites for hydroxylation is 1. The zero-order valence-corrected chi connectivity index (χ0v) is 11.3. The number of nitrogens with zero attached hydrogens (tertiary/aromatic N) is 4. The summed E-state index contributed by atoms with van der Waals surface area (Å²) in [5.41, 5.74) is 9.42. The Morgan fingerprint density at radius 2 is 2.00 bits per heavy atom. The van der Waals surface area contributed by atoms with Gasteiger partial charge in [0, 0.05) is 5.39 Å². The van der Waals surface area contributed by atoms with Crippen molar-refractivity contribution in [1.29, 1.82) is 5.26 Å². The van der Waals surface area contributed by atoms with Crippen molar-refractivity contribution >= 4 is 16.6 Å². The lowest BCUT2D eigenvalue weighted by Crippen LogP contribution is -2.05. The molecule has 98 valence electrons. The van der Waals surface area contributed by atoms with E-state index < -0.39 is 0 Å². The lowest BCUT2D eigenvalue weighted by molar-refractivity contribution is 0.808. The zero-order chi connectivity index (χ0) is 14.3. The van der Waals surface area contributed by atoms with E-state index in [-0.39, 0.29) is 0 Å². The zero-order valence-electron chi connectivity index (χ0n) is 11.3. The summed E-state index contributed by atoms with van der Waals surface area (Å²) >= 11 is 0. The molecule has 2 aromatic heterocycles. The van der Waals surface area contributed by atoms with Gasteiger partial charge in [0.25, 0.3) is 0 Å². The Hall–Kier alpha value is -2.87. The molecule has 3 aromatic rings. The molecule has 0 fully saturated rings. The predicted octanol–water partition coefficient (Wildman–Crippen LogP) is 2.49. The maximum atomic E-state index is 9.34. The minimum absolute atomic E-state index is 0.481. The highest BCUT2D eigenvalue weighted by atomic mass is 15.3. The van der Waals surface area contributed by atoms with Crippen LogP contribution in [0.1, 0.15) is 17.0 Å². The molecule has 5 heteroatoms. The number of pyridine rings is 1. The molecule has 0 aliphatic heterocycles. The molecule has 1 aromatic carbocycles. The van der Waals surface area contributed by atoms with Gasteiger partial charge in [-0.05, 0) is 26.0 Å². The summed E-state index contributed by atoms with van der Waals surface area (Å²) in [4.78, 5) is 4.55. The third kappa shape index (κ3) is 1.70. The van der Waals surface area contributed by atoms with E-state index in [4.69, 9.17) is 5.73 Å². The standard InChI is InChI=1S/C15H13N5/c1-9-14(17)10(2)20(19-9)15-12(8-16)7-11-5-3-4-6-13(11)18-15/h3-7H,17H2,1-2H3. The fraction of sp³-hybridized carbons (Fsp3) is 0.133. The maximum Gasteiger partial charge on any atom is 0.172 e. The highest BCUT2D eigenvalue weighted by Crippen LogP contribution is 2.23. The van der Waals surface area contributed by atoms with E-state index in [2.05, 4.69) is 16.2 Å². The van der Waals surface area contributed by atoms with Gasteiger partial charge in [0.2, 0.25) is 0 Å². The van der Waals surface area contributed by atoms with Crippen LogP contribution in [0.15, 0.2) is 30.3 Å². The van der Waals surface area contributed by atoms with E-state index in [1.807, 2.05) is 44.2 Å². The molecule has 2 N–H and O–H groups in total. The first-order valence-electron chi connectivity index (χ1n) is 6.24. The van der Waals surface area contributed by atoms with Crippen LogP contribution in [0.4, 0.5) is 5.69 Å². The number of anilines is 1. The van der Waals surface area contributed by atoms with Crippen LogP contribution < -0.4 is 5.73 Å². The van der Waals surface area contributed by atoms with E-state index >= 15 is 0 Å². The number of para-hydroxylation sites is 1. The van der Waals surface area contributed by atoms with Gasteiger partial charge < -0.3 is 5.73 Å². The van der Waals surface area contributed by atoms with Crippen LogP contribution in [0.25, 0.3) is 16.7 Å². The number of nitrogens with two attached hydrogens (primary N) is 1. The Morgan fingerprint density at radius 1 is 1.25 bits per heavy atom. The average molecular weight is 263 g/mol. The minimum Gasteiger partial charge on any atom is -0.396 e. The lowest BCUT2D eigenvalue weighted by atomic mass is 10.1. The number of aromatic nitrogens is 3. The van der Waals surface area contributed by atoms with Crippen LogP contribution in [-0.2, 0) is 0 Å². The molecule has 0 aliphatic carbocycles. The number of hydrogen-bond donors (Lipinski definition) is 1. The Morgan fingerprint density at radius 3 is 2.65 bits per heavy atom. The molecule has 0 unspecified atom stereocenters. The Labute approximate surface area is 116 Å². The first-order valence-corrected chi connectivity index (χ1v) is 6.24. The lowest BCUT2D eigenvalue weighted by Gasteiger charge is -2.07. The van der Waals surface area contributed by atoms with Crippen LogP contribution in [0.5, 0.6) is 0 Å².